The largest absolute Gasteiger partial charge is 0.350 e. The SMILES string of the molecule is Cc1nn(C)c(C)c1/C=C/C(=O)NC1CCCCC1. The van der Waals surface area contributed by atoms with Crippen LogP contribution in [0, 0.1) is 13.8 Å². The monoisotopic (exact) mass is 261 g/mol. The van der Waals surface area contributed by atoms with Crippen LogP contribution in [-0.4, -0.2) is 21.7 Å². The fourth-order valence-electron chi connectivity index (χ4n) is 2.69. The van der Waals surface area contributed by atoms with Crippen LogP contribution in [0.2, 0.25) is 0 Å². The Morgan fingerprint density at radius 3 is 2.58 bits per heavy atom. The minimum atomic E-state index is 0.00885. The maximum Gasteiger partial charge on any atom is 0.244 e. The van der Waals surface area contributed by atoms with E-state index in [0.29, 0.717) is 6.04 Å². The quantitative estimate of drug-likeness (QED) is 0.850. The molecule has 4 nitrogen and oxygen atoms in total. The normalized spacial score (nSPS) is 17.0. The van der Waals surface area contributed by atoms with Crippen LogP contribution < -0.4 is 5.32 Å². The van der Waals surface area contributed by atoms with Crippen LogP contribution in [-0.2, 0) is 11.8 Å². The van der Waals surface area contributed by atoms with Gasteiger partial charge in [0.25, 0.3) is 0 Å². The van der Waals surface area contributed by atoms with E-state index in [1.807, 2.05) is 31.7 Å². The molecular formula is C15H23N3O. The van der Waals surface area contributed by atoms with Gasteiger partial charge in [-0.2, -0.15) is 5.10 Å². The topological polar surface area (TPSA) is 46.9 Å². The van der Waals surface area contributed by atoms with E-state index in [1.165, 1.54) is 19.3 Å². The highest BCUT2D eigenvalue weighted by Gasteiger charge is 2.14. The number of aromatic nitrogens is 2. The summed E-state index contributed by atoms with van der Waals surface area (Å²) in [6, 6.07) is 0.363. The van der Waals surface area contributed by atoms with Gasteiger partial charge in [0.05, 0.1) is 5.69 Å². The molecule has 0 bridgehead atoms. The van der Waals surface area contributed by atoms with Crippen molar-refractivity contribution in [1.29, 1.82) is 0 Å². The molecule has 0 aliphatic heterocycles. The van der Waals surface area contributed by atoms with E-state index in [2.05, 4.69) is 10.4 Å². The Balaban J connectivity index is 1.95. The fourth-order valence-corrected chi connectivity index (χ4v) is 2.69. The molecule has 1 aromatic heterocycles. The number of amides is 1. The number of hydrogen-bond donors (Lipinski definition) is 1. The second-order valence-electron chi connectivity index (χ2n) is 5.38. The summed E-state index contributed by atoms with van der Waals surface area (Å²) in [5, 5.41) is 7.42. The van der Waals surface area contributed by atoms with Crippen LogP contribution in [0.25, 0.3) is 6.08 Å². The highest BCUT2D eigenvalue weighted by atomic mass is 16.1. The number of nitrogens with zero attached hydrogens (tertiary/aromatic N) is 2. The summed E-state index contributed by atoms with van der Waals surface area (Å²) in [4.78, 5) is 11.9. The number of carbonyl (C=O) groups excluding carboxylic acids is 1. The molecule has 0 saturated heterocycles. The van der Waals surface area contributed by atoms with Gasteiger partial charge in [0.1, 0.15) is 0 Å². The smallest absolute Gasteiger partial charge is 0.244 e. The zero-order valence-corrected chi connectivity index (χ0v) is 12.1. The maximum absolute atomic E-state index is 11.9. The van der Waals surface area contributed by atoms with Gasteiger partial charge < -0.3 is 5.32 Å². The summed E-state index contributed by atoms with van der Waals surface area (Å²) in [7, 11) is 1.92. The fraction of sp³-hybridized carbons (Fsp3) is 0.600. The first-order chi connectivity index (χ1) is 9.08. The average molecular weight is 261 g/mol. The first-order valence-corrected chi connectivity index (χ1v) is 7.06. The Kier molecular flexibility index (Phi) is 4.40. The summed E-state index contributed by atoms with van der Waals surface area (Å²) in [5.41, 5.74) is 3.09. The van der Waals surface area contributed by atoms with Gasteiger partial charge in [-0.3, -0.25) is 9.48 Å². The van der Waals surface area contributed by atoms with Crippen molar-refractivity contribution in [3.05, 3.63) is 23.0 Å². The third-order valence-corrected chi connectivity index (χ3v) is 3.92. The Hall–Kier alpha value is -1.58. The molecule has 4 heteroatoms. The van der Waals surface area contributed by atoms with Crippen LogP contribution in [0.5, 0.6) is 0 Å². The van der Waals surface area contributed by atoms with Crippen molar-refractivity contribution in [2.75, 3.05) is 0 Å². The minimum absolute atomic E-state index is 0.00885. The second kappa shape index (κ2) is 6.04. The molecule has 1 amide bonds. The van der Waals surface area contributed by atoms with Gasteiger partial charge in [0, 0.05) is 30.4 Å². The van der Waals surface area contributed by atoms with Crippen molar-refractivity contribution < 1.29 is 4.79 Å². The lowest BCUT2D eigenvalue weighted by molar-refractivity contribution is -0.117. The Morgan fingerprint density at radius 1 is 1.32 bits per heavy atom. The molecular weight excluding hydrogens is 238 g/mol. The van der Waals surface area contributed by atoms with Crippen molar-refractivity contribution in [3.8, 4) is 0 Å². The van der Waals surface area contributed by atoms with Crippen molar-refractivity contribution in [2.45, 2.75) is 52.0 Å². The average Bonchev–Trinajstić information content (AvgIpc) is 2.62. The molecule has 1 heterocycles. The summed E-state index contributed by atoms with van der Waals surface area (Å²) in [6.45, 7) is 3.98. The lowest BCUT2D eigenvalue weighted by Gasteiger charge is -2.21. The molecule has 19 heavy (non-hydrogen) atoms. The van der Waals surface area contributed by atoms with Crippen LogP contribution in [0.4, 0.5) is 0 Å². The molecule has 0 spiro atoms. The number of aryl methyl sites for hydroxylation is 2. The highest BCUT2D eigenvalue weighted by molar-refractivity contribution is 5.92. The van der Waals surface area contributed by atoms with E-state index in [9.17, 15) is 4.79 Å². The first kappa shape index (κ1) is 13.8. The van der Waals surface area contributed by atoms with E-state index in [-0.39, 0.29) is 5.91 Å². The van der Waals surface area contributed by atoms with Gasteiger partial charge in [-0.25, -0.2) is 0 Å². The Labute approximate surface area is 114 Å². The third kappa shape index (κ3) is 3.46. The number of rotatable bonds is 3. The Morgan fingerprint density at radius 2 is 2.00 bits per heavy atom. The predicted octanol–water partition coefficient (Wildman–Crippen LogP) is 2.50. The number of hydrogen-bond acceptors (Lipinski definition) is 2. The van der Waals surface area contributed by atoms with E-state index in [0.717, 1.165) is 29.8 Å². The summed E-state index contributed by atoms with van der Waals surface area (Å²) < 4.78 is 1.84. The van der Waals surface area contributed by atoms with Gasteiger partial charge >= 0.3 is 0 Å². The van der Waals surface area contributed by atoms with Gasteiger partial charge in [0.2, 0.25) is 5.91 Å². The molecule has 0 unspecified atom stereocenters. The van der Waals surface area contributed by atoms with Gasteiger partial charge in [-0.15, -0.1) is 0 Å². The second-order valence-corrected chi connectivity index (χ2v) is 5.38. The molecule has 0 radical (unpaired) electrons. The molecule has 1 aliphatic rings. The Bertz CT molecular complexity index is 482. The molecule has 1 aromatic rings. The van der Waals surface area contributed by atoms with Crippen LogP contribution in [0.1, 0.15) is 49.1 Å². The number of carbonyl (C=O) groups is 1. The van der Waals surface area contributed by atoms with Crippen molar-refractivity contribution in [1.82, 2.24) is 15.1 Å². The minimum Gasteiger partial charge on any atom is -0.350 e. The van der Waals surface area contributed by atoms with Crippen LogP contribution >= 0.6 is 0 Å². The maximum atomic E-state index is 11.9. The van der Waals surface area contributed by atoms with Gasteiger partial charge in [-0.1, -0.05) is 19.3 Å². The summed E-state index contributed by atoms with van der Waals surface area (Å²) in [5.74, 6) is 0.00885. The van der Waals surface area contributed by atoms with Crippen LogP contribution in [0.15, 0.2) is 6.08 Å². The van der Waals surface area contributed by atoms with E-state index in [1.54, 1.807) is 6.08 Å². The standard InChI is InChI=1S/C15H23N3O/c1-11-14(12(2)18(3)17-11)9-10-15(19)16-13-7-5-4-6-8-13/h9-10,13H,4-8H2,1-3H3,(H,16,19)/b10-9+. The number of nitrogens with one attached hydrogen (secondary N) is 1. The van der Waals surface area contributed by atoms with Crippen molar-refractivity contribution in [2.24, 2.45) is 7.05 Å². The van der Waals surface area contributed by atoms with E-state index in [4.69, 9.17) is 0 Å². The highest BCUT2D eigenvalue weighted by Crippen LogP contribution is 2.17. The third-order valence-electron chi connectivity index (χ3n) is 3.92. The van der Waals surface area contributed by atoms with Crippen LogP contribution in [0.3, 0.4) is 0 Å². The molecule has 1 aliphatic carbocycles. The zero-order valence-electron chi connectivity index (χ0n) is 12.1. The molecule has 2 rings (SSSR count). The zero-order chi connectivity index (χ0) is 13.8. The first-order valence-electron chi connectivity index (χ1n) is 7.06. The molecule has 1 N–H and O–H groups in total. The van der Waals surface area contributed by atoms with E-state index < -0.39 is 0 Å². The lowest BCUT2D eigenvalue weighted by Crippen LogP contribution is -2.34. The van der Waals surface area contributed by atoms with E-state index >= 15 is 0 Å². The van der Waals surface area contributed by atoms with Crippen molar-refractivity contribution >= 4 is 12.0 Å². The summed E-state index contributed by atoms with van der Waals surface area (Å²) in [6.07, 6.45) is 9.50. The van der Waals surface area contributed by atoms with Crippen molar-refractivity contribution in [3.63, 3.8) is 0 Å². The molecule has 104 valence electrons. The predicted molar refractivity (Wildman–Crippen MR) is 76.7 cm³/mol. The molecule has 0 aromatic carbocycles. The summed E-state index contributed by atoms with van der Waals surface area (Å²) >= 11 is 0. The van der Waals surface area contributed by atoms with Gasteiger partial charge in [0.15, 0.2) is 0 Å². The molecule has 1 saturated carbocycles. The molecule has 1 fully saturated rings. The van der Waals surface area contributed by atoms with Gasteiger partial charge in [-0.05, 0) is 32.8 Å². The molecule has 0 atom stereocenters. The lowest BCUT2D eigenvalue weighted by atomic mass is 9.95.